The lowest BCUT2D eigenvalue weighted by Crippen LogP contribution is -2.55. The summed E-state index contributed by atoms with van der Waals surface area (Å²) >= 11 is 5.16. The SMILES string of the molecule is Cc1ccc(C)c(CC(=O)NC2(C(N)=S)CCCC2)c1. The van der Waals surface area contributed by atoms with Gasteiger partial charge in [-0.15, -0.1) is 0 Å². The molecule has 0 aliphatic heterocycles. The second-order valence-electron chi connectivity index (χ2n) is 5.81. The van der Waals surface area contributed by atoms with E-state index in [1.54, 1.807) is 0 Å². The van der Waals surface area contributed by atoms with Crippen LogP contribution in [-0.4, -0.2) is 16.4 Å². The quantitative estimate of drug-likeness (QED) is 0.838. The number of nitrogens with one attached hydrogen (secondary N) is 1. The smallest absolute Gasteiger partial charge is 0.225 e. The molecular formula is C16H22N2OS. The highest BCUT2D eigenvalue weighted by atomic mass is 32.1. The molecule has 0 radical (unpaired) electrons. The summed E-state index contributed by atoms with van der Waals surface area (Å²) in [6.45, 7) is 4.06. The van der Waals surface area contributed by atoms with Crippen LogP contribution in [0.15, 0.2) is 18.2 Å². The number of carbonyl (C=O) groups is 1. The summed E-state index contributed by atoms with van der Waals surface area (Å²) in [6.07, 6.45) is 4.25. The number of aryl methyl sites for hydroxylation is 2. The molecule has 0 bridgehead atoms. The summed E-state index contributed by atoms with van der Waals surface area (Å²) in [5.74, 6) is 0.00778. The Balaban J connectivity index is 2.08. The molecule has 4 heteroatoms. The van der Waals surface area contributed by atoms with Gasteiger partial charge in [0.2, 0.25) is 5.91 Å². The molecule has 3 N–H and O–H groups in total. The maximum atomic E-state index is 12.3. The molecule has 3 nitrogen and oxygen atoms in total. The fourth-order valence-corrected chi connectivity index (χ4v) is 3.14. The summed E-state index contributed by atoms with van der Waals surface area (Å²) in [5.41, 5.74) is 8.77. The van der Waals surface area contributed by atoms with Gasteiger partial charge in [0, 0.05) is 0 Å². The third-order valence-corrected chi connectivity index (χ3v) is 4.55. The Morgan fingerprint density at radius 1 is 1.35 bits per heavy atom. The lowest BCUT2D eigenvalue weighted by molar-refractivity contribution is -0.121. The average Bonchev–Trinajstić information content (AvgIpc) is 2.83. The summed E-state index contributed by atoms with van der Waals surface area (Å²) < 4.78 is 0. The molecule has 1 aromatic carbocycles. The molecule has 1 aliphatic rings. The molecule has 1 aromatic rings. The van der Waals surface area contributed by atoms with Gasteiger partial charge in [0.1, 0.15) is 0 Å². The van der Waals surface area contributed by atoms with Crippen molar-refractivity contribution in [1.29, 1.82) is 0 Å². The molecule has 2 rings (SSSR count). The first-order chi connectivity index (χ1) is 9.43. The van der Waals surface area contributed by atoms with Gasteiger partial charge in [0.25, 0.3) is 0 Å². The van der Waals surface area contributed by atoms with Gasteiger partial charge < -0.3 is 11.1 Å². The molecule has 0 heterocycles. The van der Waals surface area contributed by atoms with E-state index < -0.39 is 5.54 Å². The predicted molar refractivity (Wildman–Crippen MR) is 85.7 cm³/mol. The van der Waals surface area contributed by atoms with Gasteiger partial charge in [0.05, 0.1) is 16.9 Å². The van der Waals surface area contributed by atoms with Crippen molar-refractivity contribution < 1.29 is 4.79 Å². The van der Waals surface area contributed by atoms with E-state index in [1.165, 1.54) is 5.56 Å². The van der Waals surface area contributed by atoms with Crippen molar-refractivity contribution in [3.63, 3.8) is 0 Å². The average molecular weight is 290 g/mol. The van der Waals surface area contributed by atoms with Gasteiger partial charge in [-0.25, -0.2) is 0 Å². The number of rotatable bonds is 4. The van der Waals surface area contributed by atoms with Crippen molar-refractivity contribution in [2.24, 2.45) is 5.73 Å². The molecule has 1 amide bonds. The van der Waals surface area contributed by atoms with Crippen molar-refractivity contribution in [2.45, 2.75) is 51.5 Å². The highest BCUT2D eigenvalue weighted by Gasteiger charge is 2.38. The summed E-state index contributed by atoms with van der Waals surface area (Å²) in [6, 6.07) is 6.18. The minimum Gasteiger partial charge on any atom is -0.391 e. The number of amides is 1. The number of carbonyl (C=O) groups excluding carboxylic acids is 1. The lowest BCUT2D eigenvalue weighted by atomic mass is 9.96. The third kappa shape index (κ3) is 3.18. The molecule has 0 atom stereocenters. The zero-order chi connectivity index (χ0) is 14.8. The molecule has 0 unspecified atom stereocenters. The molecule has 0 spiro atoms. The van der Waals surface area contributed by atoms with E-state index in [0.29, 0.717) is 11.4 Å². The van der Waals surface area contributed by atoms with Gasteiger partial charge in [-0.05, 0) is 37.8 Å². The molecule has 108 valence electrons. The van der Waals surface area contributed by atoms with E-state index in [2.05, 4.69) is 23.5 Å². The van der Waals surface area contributed by atoms with E-state index in [9.17, 15) is 4.79 Å². The van der Waals surface area contributed by atoms with E-state index >= 15 is 0 Å². The van der Waals surface area contributed by atoms with Crippen LogP contribution in [0.1, 0.15) is 42.4 Å². The Bertz CT molecular complexity index is 533. The minimum absolute atomic E-state index is 0.00778. The fraction of sp³-hybridized carbons (Fsp3) is 0.500. The maximum Gasteiger partial charge on any atom is 0.225 e. The van der Waals surface area contributed by atoms with Crippen LogP contribution >= 0.6 is 12.2 Å². The maximum absolute atomic E-state index is 12.3. The van der Waals surface area contributed by atoms with Crippen LogP contribution in [0.3, 0.4) is 0 Å². The number of thiocarbonyl (C=S) groups is 1. The van der Waals surface area contributed by atoms with Crippen LogP contribution in [0.25, 0.3) is 0 Å². The van der Waals surface area contributed by atoms with Crippen LogP contribution < -0.4 is 11.1 Å². The van der Waals surface area contributed by atoms with Gasteiger partial charge in [-0.3, -0.25) is 4.79 Å². The van der Waals surface area contributed by atoms with Gasteiger partial charge >= 0.3 is 0 Å². The van der Waals surface area contributed by atoms with Crippen LogP contribution in [0.2, 0.25) is 0 Å². The standard InChI is InChI=1S/C16H22N2OS/c1-11-5-6-12(2)13(9-11)10-14(19)18-16(15(17)20)7-3-4-8-16/h5-6,9H,3-4,7-8,10H2,1-2H3,(H2,17,20)(H,18,19). The number of benzene rings is 1. The number of hydrogen-bond donors (Lipinski definition) is 2. The van der Waals surface area contributed by atoms with E-state index in [1.807, 2.05) is 13.8 Å². The van der Waals surface area contributed by atoms with Gasteiger partial charge in [-0.2, -0.15) is 0 Å². The molecule has 20 heavy (non-hydrogen) atoms. The Morgan fingerprint density at radius 2 is 2.00 bits per heavy atom. The molecule has 1 saturated carbocycles. The third-order valence-electron chi connectivity index (χ3n) is 4.16. The zero-order valence-electron chi connectivity index (χ0n) is 12.2. The van der Waals surface area contributed by atoms with Crippen LogP contribution in [0, 0.1) is 13.8 Å². The normalized spacial score (nSPS) is 16.9. The first-order valence-corrected chi connectivity index (χ1v) is 7.51. The van der Waals surface area contributed by atoms with E-state index in [-0.39, 0.29) is 5.91 Å². The zero-order valence-corrected chi connectivity index (χ0v) is 13.0. The Labute approximate surface area is 125 Å². The topological polar surface area (TPSA) is 55.1 Å². The summed E-state index contributed by atoms with van der Waals surface area (Å²) in [7, 11) is 0. The summed E-state index contributed by atoms with van der Waals surface area (Å²) in [4.78, 5) is 12.7. The molecule has 1 aliphatic carbocycles. The Hall–Kier alpha value is -1.42. The van der Waals surface area contributed by atoms with Crippen molar-refractivity contribution >= 4 is 23.1 Å². The molecule has 0 aromatic heterocycles. The van der Waals surface area contributed by atoms with Crippen LogP contribution in [0.4, 0.5) is 0 Å². The second-order valence-corrected chi connectivity index (χ2v) is 6.25. The fourth-order valence-electron chi connectivity index (χ4n) is 2.89. The number of nitrogens with two attached hydrogens (primary N) is 1. The Morgan fingerprint density at radius 3 is 2.60 bits per heavy atom. The van der Waals surface area contributed by atoms with Crippen LogP contribution in [0.5, 0.6) is 0 Å². The minimum atomic E-state index is -0.454. The molecule has 1 fully saturated rings. The summed E-state index contributed by atoms with van der Waals surface area (Å²) in [5, 5.41) is 3.08. The van der Waals surface area contributed by atoms with Crippen LogP contribution in [-0.2, 0) is 11.2 Å². The van der Waals surface area contributed by atoms with Crippen molar-refractivity contribution in [2.75, 3.05) is 0 Å². The lowest BCUT2D eigenvalue weighted by Gasteiger charge is -2.29. The second kappa shape index (κ2) is 5.92. The highest BCUT2D eigenvalue weighted by molar-refractivity contribution is 7.80. The van der Waals surface area contributed by atoms with E-state index in [4.69, 9.17) is 18.0 Å². The van der Waals surface area contributed by atoms with Crippen molar-refractivity contribution in [3.05, 3.63) is 34.9 Å². The predicted octanol–water partition coefficient (Wildman–Crippen LogP) is 2.56. The monoisotopic (exact) mass is 290 g/mol. The van der Waals surface area contributed by atoms with Gasteiger partial charge in [-0.1, -0.05) is 48.8 Å². The van der Waals surface area contributed by atoms with Gasteiger partial charge in [0.15, 0.2) is 0 Å². The van der Waals surface area contributed by atoms with E-state index in [0.717, 1.165) is 36.8 Å². The molecule has 0 saturated heterocycles. The largest absolute Gasteiger partial charge is 0.391 e. The number of hydrogen-bond acceptors (Lipinski definition) is 2. The van der Waals surface area contributed by atoms with Crippen molar-refractivity contribution in [1.82, 2.24) is 5.32 Å². The Kier molecular flexibility index (Phi) is 4.43. The highest BCUT2D eigenvalue weighted by Crippen LogP contribution is 2.30. The first-order valence-electron chi connectivity index (χ1n) is 7.10. The molecular weight excluding hydrogens is 268 g/mol. The van der Waals surface area contributed by atoms with Crippen molar-refractivity contribution in [3.8, 4) is 0 Å². The first kappa shape index (κ1) is 15.0.